The first kappa shape index (κ1) is 20.6. The lowest BCUT2D eigenvalue weighted by Crippen LogP contribution is -2.46. The van der Waals surface area contributed by atoms with Gasteiger partial charge in [-0.3, -0.25) is 9.59 Å². The lowest BCUT2D eigenvalue weighted by atomic mass is 9.85. The summed E-state index contributed by atoms with van der Waals surface area (Å²) in [5, 5.41) is 2.93. The van der Waals surface area contributed by atoms with E-state index < -0.39 is 23.5 Å². The summed E-state index contributed by atoms with van der Waals surface area (Å²) in [6.07, 6.45) is 4.51. The lowest BCUT2D eigenvalue weighted by molar-refractivity contribution is -0.133. The van der Waals surface area contributed by atoms with Crippen molar-refractivity contribution in [3.05, 3.63) is 35.1 Å². The number of halogens is 3. The van der Waals surface area contributed by atoms with E-state index in [9.17, 15) is 22.8 Å². The fraction of sp³-hybridized carbons (Fsp3) is 0.600. The molecule has 5 nitrogen and oxygen atoms in total. The van der Waals surface area contributed by atoms with Crippen molar-refractivity contribution in [2.45, 2.75) is 57.0 Å². The van der Waals surface area contributed by atoms with Crippen LogP contribution in [0.4, 0.5) is 13.2 Å². The van der Waals surface area contributed by atoms with Crippen molar-refractivity contribution in [2.75, 3.05) is 13.1 Å². The highest BCUT2D eigenvalue weighted by Crippen LogP contribution is 2.26. The number of nitrogens with two attached hydrogens (primary N) is 1. The monoisotopic (exact) mass is 397 g/mol. The van der Waals surface area contributed by atoms with Gasteiger partial charge in [0.05, 0.1) is 0 Å². The van der Waals surface area contributed by atoms with Crippen LogP contribution in [0.5, 0.6) is 0 Å². The van der Waals surface area contributed by atoms with Crippen LogP contribution in [0, 0.1) is 23.4 Å². The number of hydrogen-bond acceptors (Lipinski definition) is 3. The second kappa shape index (κ2) is 8.94. The summed E-state index contributed by atoms with van der Waals surface area (Å²) in [5.41, 5.74) is 5.91. The molecule has 0 radical (unpaired) electrons. The van der Waals surface area contributed by atoms with E-state index in [4.69, 9.17) is 5.73 Å². The van der Waals surface area contributed by atoms with Gasteiger partial charge in [-0.15, -0.1) is 0 Å². The molecular formula is C20H26F3N3O2. The first-order valence-electron chi connectivity index (χ1n) is 9.81. The van der Waals surface area contributed by atoms with E-state index >= 15 is 0 Å². The zero-order valence-electron chi connectivity index (χ0n) is 15.7. The van der Waals surface area contributed by atoms with E-state index in [0.29, 0.717) is 19.2 Å². The van der Waals surface area contributed by atoms with E-state index in [0.717, 1.165) is 38.2 Å². The van der Waals surface area contributed by atoms with Crippen LogP contribution in [0.15, 0.2) is 12.1 Å². The van der Waals surface area contributed by atoms with Gasteiger partial charge < -0.3 is 16.0 Å². The van der Waals surface area contributed by atoms with Gasteiger partial charge in [-0.05, 0) is 43.7 Å². The third-order valence-electron chi connectivity index (χ3n) is 5.69. The topological polar surface area (TPSA) is 75.4 Å². The Morgan fingerprint density at radius 2 is 1.82 bits per heavy atom. The summed E-state index contributed by atoms with van der Waals surface area (Å²) in [6, 6.07) is 0.492. The number of carbonyl (C=O) groups is 2. The summed E-state index contributed by atoms with van der Waals surface area (Å²) >= 11 is 0. The van der Waals surface area contributed by atoms with Gasteiger partial charge in [0.1, 0.15) is 5.82 Å². The van der Waals surface area contributed by atoms with Crippen LogP contribution < -0.4 is 11.1 Å². The van der Waals surface area contributed by atoms with Crippen LogP contribution >= 0.6 is 0 Å². The molecule has 2 atom stereocenters. The van der Waals surface area contributed by atoms with Gasteiger partial charge in [-0.2, -0.15) is 0 Å². The molecule has 28 heavy (non-hydrogen) atoms. The Morgan fingerprint density at radius 1 is 1.11 bits per heavy atom. The van der Waals surface area contributed by atoms with Gasteiger partial charge in [0.25, 0.3) is 0 Å². The fourth-order valence-corrected chi connectivity index (χ4v) is 3.83. The Balaban J connectivity index is 1.51. The molecule has 1 saturated heterocycles. The summed E-state index contributed by atoms with van der Waals surface area (Å²) < 4.78 is 40.1. The summed E-state index contributed by atoms with van der Waals surface area (Å²) in [6.45, 7) is 1.02. The number of nitrogens with one attached hydrogen (secondary N) is 1. The number of benzene rings is 1. The largest absolute Gasteiger partial charge is 0.354 e. The van der Waals surface area contributed by atoms with Gasteiger partial charge >= 0.3 is 0 Å². The number of amides is 2. The van der Waals surface area contributed by atoms with E-state index in [2.05, 4.69) is 5.32 Å². The average Bonchev–Trinajstić information content (AvgIpc) is 3.05. The van der Waals surface area contributed by atoms with Crippen molar-refractivity contribution in [2.24, 2.45) is 11.7 Å². The molecule has 2 amide bonds. The molecule has 1 aromatic rings. The second-order valence-corrected chi connectivity index (χ2v) is 7.78. The molecule has 3 rings (SSSR count). The maximum absolute atomic E-state index is 13.8. The SMILES string of the molecule is N[C@@H](CC(=O)N1CCCC1CNC(=O)C1CCC1)Cc1cc(F)c(F)cc1F. The molecule has 8 heteroatoms. The zero-order chi connectivity index (χ0) is 20.3. The van der Waals surface area contributed by atoms with Gasteiger partial charge in [0.15, 0.2) is 11.6 Å². The van der Waals surface area contributed by atoms with Crippen molar-refractivity contribution in [3.63, 3.8) is 0 Å². The van der Waals surface area contributed by atoms with Gasteiger partial charge in [0.2, 0.25) is 11.8 Å². The van der Waals surface area contributed by atoms with E-state index in [-0.39, 0.29) is 42.2 Å². The number of carbonyl (C=O) groups excluding carboxylic acids is 2. The minimum Gasteiger partial charge on any atom is -0.354 e. The van der Waals surface area contributed by atoms with Crippen molar-refractivity contribution >= 4 is 11.8 Å². The molecule has 1 aliphatic carbocycles. The molecule has 1 heterocycles. The molecule has 1 aliphatic heterocycles. The molecule has 2 aliphatic rings. The number of nitrogens with zero attached hydrogens (tertiary/aromatic N) is 1. The first-order valence-corrected chi connectivity index (χ1v) is 9.81. The number of rotatable bonds is 7. The minimum atomic E-state index is -1.25. The first-order chi connectivity index (χ1) is 13.3. The summed E-state index contributed by atoms with van der Waals surface area (Å²) in [7, 11) is 0. The van der Waals surface area contributed by atoms with Crippen LogP contribution in [0.3, 0.4) is 0 Å². The molecule has 1 saturated carbocycles. The fourth-order valence-electron chi connectivity index (χ4n) is 3.83. The molecule has 154 valence electrons. The Kier molecular flexibility index (Phi) is 6.59. The average molecular weight is 397 g/mol. The van der Waals surface area contributed by atoms with Crippen LogP contribution in [-0.4, -0.2) is 41.9 Å². The Morgan fingerprint density at radius 3 is 2.50 bits per heavy atom. The van der Waals surface area contributed by atoms with Gasteiger partial charge in [-0.1, -0.05) is 6.42 Å². The van der Waals surface area contributed by atoms with E-state index in [1.165, 1.54) is 0 Å². The predicted molar refractivity (Wildman–Crippen MR) is 97.7 cm³/mol. The Bertz CT molecular complexity index is 740. The highest BCUT2D eigenvalue weighted by atomic mass is 19.2. The quantitative estimate of drug-likeness (QED) is 0.693. The number of likely N-dealkylation sites (tertiary alicyclic amines) is 1. The van der Waals surface area contributed by atoms with Crippen LogP contribution in [0.2, 0.25) is 0 Å². The Labute approximate surface area is 162 Å². The maximum atomic E-state index is 13.8. The smallest absolute Gasteiger partial charge is 0.224 e. The van der Waals surface area contributed by atoms with Crippen molar-refractivity contribution in [1.82, 2.24) is 10.2 Å². The van der Waals surface area contributed by atoms with Crippen LogP contribution in [0.1, 0.15) is 44.1 Å². The van der Waals surface area contributed by atoms with Crippen molar-refractivity contribution in [1.29, 1.82) is 0 Å². The third kappa shape index (κ3) is 4.84. The molecule has 0 aromatic heterocycles. The molecule has 1 aromatic carbocycles. The molecule has 1 unspecified atom stereocenters. The normalized spacial score (nSPS) is 20.7. The molecule has 3 N–H and O–H groups in total. The van der Waals surface area contributed by atoms with Gasteiger partial charge in [0, 0.05) is 43.6 Å². The highest BCUT2D eigenvalue weighted by Gasteiger charge is 2.31. The third-order valence-corrected chi connectivity index (χ3v) is 5.69. The maximum Gasteiger partial charge on any atom is 0.224 e. The Hall–Kier alpha value is -2.09. The summed E-state index contributed by atoms with van der Waals surface area (Å²) in [4.78, 5) is 26.3. The van der Waals surface area contributed by atoms with Crippen molar-refractivity contribution in [3.8, 4) is 0 Å². The van der Waals surface area contributed by atoms with Crippen LogP contribution in [-0.2, 0) is 16.0 Å². The standard InChI is InChI=1S/C20H26F3N3O2/c21-16-10-18(23)17(22)8-13(16)7-14(24)9-19(27)26-6-2-5-15(26)11-25-20(28)12-3-1-4-12/h8,10,12,14-15H,1-7,9,11,24H2,(H,25,28)/t14-,15?/m1/s1. The molecule has 0 bridgehead atoms. The minimum absolute atomic E-state index is 0.0223. The molecule has 0 spiro atoms. The van der Waals surface area contributed by atoms with E-state index in [1.54, 1.807) is 4.90 Å². The zero-order valence-corrected chi connectivity index (χ0v) is 15.7. The van der Waals surface area contributed by atoms with E-state index in [1.807, 2.05) is 0 Å². The lowest BCUT2D eigenvalue weighted by Gasteiger charge is -2.28. The van der Waals surface area contributed by atoms with Gasteiger partial charge in [-0.25, -0.2) is 13.2 Å². The van der Waals surface area contributed by atoms with Crippen molar-refractivity contribution < 1.29 is 22.8 Å². The summed E-state index contributed by atoms with van der Waals surface area (Å²) in [5.74, 6) is -3.29. The second-order valence-electron chi connectivity index (χ2n) is 7.78. The molecular weight excluding hydrogens is 371 g/mol. The predicted octanol–water partition coefficient (Wildman–Crippen LogP) is 2.27. The molecule has 2 fully saturated rings. The highest BCUT2D eigenvalue weighted by molar-refractivity contribution is 5.80. The van der Waals surface area contributed by atoms with Crippen LogP contribution in [0.25, 0.3) is 0 Å². The number of hydrogen-bond donors (Lipinski definition) is 2.